The molecule has 0 radical (unpaired) electrons. The summed E-state index contributed by atoms with van der Waals surface area (Å²) >= 11 is 0. The van der Waals surface area contributed by atoms with Crippen LogP contribution in [0.25, 0.3) is 0 Å². The normalized spacial score (nSPS) is 18.5. The summed E-state index contributed by atoms with van der Waals surface area (Å²) in [7, 11) is 0. The highest BCUT2D eigenvalue weighted by atomic mass is 16.6. The number of amides is 1. The summed E-state index contributed by atoms with van der Waals surface area (Å²) in [5, 5.41) is 9.89. The van der Waals surface area contributed by atoms with Gasteiger partial charge in [-0.05, 0) is 31.5 Å². The molecular formula is C18H26N2O4. The summed E-state index contributed by atoms with van der Waals surface area (Å²) in [6.45, 7) is 8.40. The van der Waals surface area contributed by atoms with E-state index < -0.39 is 5.60 Å². The number of carbonyl (C=O) groups is 1. The average molecular weight is 334 g/mol. The van der Waals surface area contributed by atoms with Crippen LogP contribution in [0.1, 0.15) is 19.4 Å². The SMILES string of the molecule is CC(C)(O)CN1CCN(C(=O)Cc2ccc3c(c2)OCCO3)CC1. The second kappa shape index (κ2) is 6.99. The minimum absolute atomic E-state index is 0.134. The maximum atomic E-state index is 12.5. The standard InChI is InChI=1S/C18H26N2O4/c1-18(2,22)13-19-5-7-20(8-6-19)17(21)12-14-3-4-15-16(11-14)24-10-9-23-15/h3-4,11,22H,5-10,12-13H2,1-2H3. The van der Waals surface area contributed by atoms with Crippen molar-refractivity contribution in [1.82, 2.24) is 9.80 Å². The molecule has 0 saturated carbocycles. The number of fused-ring (bicyclic) bond motifs is 1. The molecule has 0 bridgehead atoms. The summed E-state index contributed by atoms with van der Waals surface area (Å²) in [5.74, 6) is 1.61. The number of aliphatic hydroxyl groups is 1. The summed E-state index contributed by atoms with van der Waals surface area (Å²) in [6.07, 6.45) is 0.377. The van der Waals surface area contributed by atoms with Crippen LogP contribution in [-0.4, -0.2) is 72.4 Å². The summed E-state index contributed by atoms with van der Waals surface area (Å²) in [4.78, 5) is 16.6. The van der Waals surface area contributed by atoms with Gasteiger partial charge in [-0.2, -0.15) is 0 Å². The quantitative estimate of drug-likeness (QED) is 0.887. The maximum absolute atomic E-state index is 12.5. The van der Waals surface area contributed by atoms with Crippen molar-refractivity contribution < 1.29 is 19.4 Å². The van der Waals surface area contributed by atoms with Crippen molar-refractivity contribution in [3.05, 3.63) is 23.8 Å². The number of benzene rings is 1. The van der Waals surface area contributed by atoms with E-state index in [1.54, 1.807) is 0 Å². The van der Waals surface area contributed by atoms with Crippen LogP contribution in [-0.2, 0) is 11.2 Å². The van der Waals surface area contributed by atoms with E-state index in [9.17, 15) is 9.90 Å². The lowest BCUT2D eigenvalue weighted by Gasteiger charge is -2.37. The Kier molecular flexibility index (Phi) is 4.96. The van der Waals surface area contributed by atoms with E-state index in [1.165, 1.54) is 0 Å². The van der Waals surface area contributed by atoms with E-state index in [-0.39, 0.29) is 5.91 Å². The average Bonchev–Trinajstić information content (AvgIpc) is 2.54. The van der Waals surface area contributed by atoms with Crippen LogP contribution in [0.2, 0.25) is 0 Å². The highest BCUT2D eigenvalue weighted by Crippen LogP contribution is 2.31. The van der Waals surface area contributed by atoms with Crippen LogP contribution >= 0.6 is 0 Å². The molecule has 1 fully saturated rings. The van der Waals surface area contributed by atoms with Gasteiger partial charge in [0, 0.05) is 32.7 Å². The molecule has 2 aliphatic rings. The van der Waals surface area contributed by atoms with E-state index in [0.717, 1.165) is 30.2 Å². The first-order chi connectivity index (χ1) is 11.4. The Morgan fingerprint density at radius 2 is 1.79 bits per heavy atom. The number of β-amino-alcohol motifs (C(OH)–C–C–N with tert-alkyl or cyclic N) is 1. The first-order valence-corrected chi connectivity index (χ1v) is 8.52. The van der Waals surface area contributed by atoms with Crippen LogP contribution in [0.3, 0.4) is 0 Å². The molecule has 0 spiro atoms. The zero-order valence-corrected chi connectivity index (χ0v) is 14.5. The molecule has 6 nitrogen and oxygen atoms in total. The van der Waals surface area contributed by atoms with Gasteiger partial charge in [0.05, 0.1) is 12.0 Å². The van der Waals surface area contributed by atoms with Crippen molar-refractivity contribution in [1.29, 1.82) is 0 Å². The molecule has 1 aromatic carbocycles. The van der Waals surface area contributed by atoms with Gasteiger partial charge in [-0.1, -0.05) is 6.07 Å². The predicted octanol–water partition coefficient (Wildman–Crippen LogP) is 0.915. The lowest BCUT2D eigenvalue weighted by Crippen LogP contribution is -2.52. The second-order valence-electron chi connectivity index (χ2n) is 7.12. The summed E-state index contributed by atoms with van der Waals surface area (Å²) in [5.41, 5.74) is 0.250. The number of nitrogens with zero attached hydrogens (tertiary/aromatic N) is 2. The molecule has 0 unspecified atom stereocenters. The number of hydrogen-bond donors (Lipinski definition) is 1. The number of piperazine rings is 1. The number of carbonyl (C=O) groups excluding carboxylic acids is 1. The van der Waals surface area contributed by atoms with Crippen molar-refractivity contribution in [2.75, 3.05) is 45.9 Å². The first kappa shape index (κ1) is 17.0. The third kappa shape index (κ3) is 4.39. The third-order valence-corrected chi connectivity index (χ3v) is 4.30. The molecule has 6 heteroatoms. The maximum Gasteiger partial charge on any atom is 0.227 e. The number of hydrogen-bond acceptors (Lipinski definition) is 5. The molecule has 3 rings (SSSR count). The third-order valence-electron chi connectivity index (χ3n) is 4.30. The van der Waals surface area contributed by atoms with Crippen LogP contribution in [0.15, 0.2) is 18.2 Å². The van der Waals surface area contributed by atoms with Crippen LogP contribution < -0.4 is 9.47 Å². The Morgan fingerprint density at radius 1 is 1.12 bits per heavy atom. The number of ether oxygens (including phenoxy) is 2. The van der Waals surface area contributed by atoms with E-state index in [1.807, 2.05) is 36.9 Å². The van der Waals surface area contributed by atoms with Gasteiger partial charge >= 0.3 is 0 Å². The largest absolute Gasteiger partial charge is 0.486 e. The molecule has 132 valence electrons. The zero-order valence-electron chi connectivity index (χ0n) is 14.5. The van der Waals surface area contributed by atoms with E-state index >= 15 is 0 Å². The Balaban J connectivity index is 1.53. The topological polar surface area (TPSA) is 62.2 Å². The molecule has 0 aromatic heterocycles. The molecule has 0 aliphatic carbocycles. The fourth-order valence-electron chi connectivity index (χ4n) is 3.19. The lowest BCUT2D eigenvalue weighted by molar-refractivity contribution is -0.132. The molecule has 1 saturated heterocycles. The van der Waals surface area contributed by atoms with Gasteiger partial charge in [0.1, 0.15) is 13.2 Å². The van der Waals surface area contributed by atoms with Crippen LogP contribution in [0.4, 0.5) is 0 Å². The van der Waals surface area contributed by atoms with Gasteiger partial charge in [0.2, 0.25) is 5.91 Å². The van der Waals surface area contributed by atoms with Gasteiger partial charge in [-0.15, -0.1) is 0 Å². The molecule has 1 aromatic rings. The summed E-state index contributed by atoms with van der Waals surface area (Å²) < 4.78 is 11.1. The first-order valence-electron chi connectivity index (χ1n) is 8.52. The molecule has 2 heterocycles. The molecule has 2 aliphatic heterocycles. The highest BCUT2D eigenvalue weighted by Gasteiger charge is 2.25. The fourth-order valence-corrected chi connectivity index (χ4v) is 3.19. The molecular weight excluding hydrogens is 308 g/mol. The Labute approximate surface area is 143 Å². The minimum Gasteiger partial charge on any atom is -0.486 e. The van der Waals surface area contributed by atoms with Gasteiger partial charge in [0.25, 0.3) is 0 Å². The van der Waals surface area contributed by atoms with Crippen molar-refractivity contribution in [3.63, 3.8) is 0 Å². The Bertz CT molecular complexity index is 589. The predicted molar refractivity (Wildman–Crippen MR) is 90.5 cm³/mol. The van der Waals surface area contributed by atoms with Gasteiger partial charge in [-0.3, -0.25) is 9.69 Å². The van der Waals surface area contributed by atoms with E-state index in [4.69, 9.17) is 9.47 Å². The molecule has 1 amide bonds. The molecule has 1 N–H and O–H groups in total. The molecule has 24 heavy (non-hydrogen) atoms. The van der Waals surface area contributed by atoms with Gasteiger partial charge < -0.3 is 19.5 Å². The van der Waals surface area contributed by atoms with Crippen molar-refractivity contribution in [3.8, 4) is 11.5 Å². The monoisotopic (exact) mass is 334 g/mol. The smallest absolute Gasteiger partial charge is 0.227 e. The fraction of sp³-hybridized carbons (Fsp3) is 0.611. The van der Waals surface area contributed by atoms with Crippen molar-refractivity contribution in [2.24, 2.45) is 0 Å². The van der Waals surface area contributed by atoms with Crippen LogP contribution in [0, 0.1) is 0 Å². The van der Waals surface area contributed by atoms with E-state index in [0.29, 0.717) is 39.3 Å². The minimum atomic E-state index is -0.697. The lowest BCUT2D eigenvalue weighted by atomic mass is 10.1. The van der Waals surface area contributed by atoms with E-state index in [2.05, 4.69) is 4.90 Å². The van der Waals surface area contributed by atoms with Crippen LogP contribution in [0.5, 0.6) is 11.5 Å². The van der Waals surface area contributed by atoms with Crippen molar-refractivity contribution >= 4 is 5.91 Å². The van der Waals surface area contributed by atoms with Gasteiger partial charge in [0.15, 0.2) is 11.5 Å². The highest BCUT2D eigenvalue weighted by molar-refractivity contribution is 5.79. The second-order valence-corrected chi connectivity index (χ2v) is 7.12. The zero-order chi connectivity index (χ0) is 17.2. The number of rotatable bonds is 4. The summed E-state index contributed by atoms with van der Waals surface area (Å²) in [6, 6.07) is 5.70. The molecule has 0 atom stereocenters. The van der Waals surface area contributed by atoms with Crippen molar-refractivity contribution in [2.45, 2.75) is 25.9 Å². The van der Waals surface area contributed by atoms with Gasteiger partial charge in [-0.25, -0.2) is 0 Å². The Morgan fingerprint density at radius 3 is 2.46 bits per heavy atom. The Hall–Kier alpha value is -1.79.